The summed E-state index contributed by atoms with van der Waals surface area (Å²) in [6.45, 7) is 13.1. The lowest BCUT2D eigenvalue weighted by Gasteiger charge is -2.18. The maximum atomic E-state index is 4.53. The molecule has 0 saturated carbocycles. The summed E-state index contributed by atoms with van der Waals surface area (Å²) in [6.07, 6.45) is 1.95. The monoisotopic (exact) mass is 257 g/mol. The van der Waals surface area contributed by atoms with Gasteiger partial charge in [-0.05, 0) is 23.1 Å². The number of nitrogens with one attached hydrogen (secondary N) is 1. The highest BCUT2D eigenvalue weighted by molar-refractivity contribution is 5.55. The van der Waals surface area contributed by atoms with Crippen LogP contribution in [0.1, 0.15) is 52.8 Å². The van der Waals surface area contributed by atoms with E-state index in [-0.39, 0.29) is 10.8 Å². The standard InChI is InChI=1S/C16H23N3/c1-15(2,3)11-7-8-12(17-10-11)13-9-14(19-18-13)16(4,5)6/h7-10H,1-6H3,(H,18,19). The Bertz CT molecular complexity index is 551. The molecule has 0 radical (unpaired) electrons. The third-order valence-electron chi connectivity index (χ3n) is 3.28. The number of pyridine rings is 1. The Balaban J connectivity index is 2.31. The highest BCUT2D eigenvalue weighted by Gasteiger charge is 2.18. The molecule has 0 aromatic carbocycles. The van der Waals surface area contributed by atoms with Crippen LogP contribution in [0.2, 0.25) is 0 Å². The van der Waals surface area contributed by atoms with Crippen LogP contribution in [0.4, 0.5) is 0 Å². The van der Waals surface area contributed by atoms with Crippen molar-refractivity contribution in [1.29, 1.82) is 0 Å². The minimum atomic E-state index is 0.0800. The predicted octanol–water partition coefficient (Wildman–Crippen LogP) is 4.07. The Kier molecular flexibility index (Phi) is 3.25. The average Bonchev–Trinajstić information content (AvgIpc) is 2.77. The number of hydrogen-bond donors (Lipinski definition) is 1. The summed E-state index contributed by atoms with van der Waals surface area (Å²) in [7, 11) is 0. The van der Waals surface area contributed by atoms with Crippen LogP contribution in [0.15, 0.2) is 24.4 Å². The Hall–Kier alpha value is -1.64. The van der Waals surface area contributed by atoms with Crippen LogP contribution >= 0.6 is 0 Å². The fourth-order valence-corrected chi connectivity index (χ4v) is 1.83. The Morgan fingerprint density at radius 3 is 2.00 bits per heavy atom. The first-order chi connectivity index (χ1) is 8.68. The van der Waals surface area contributed by atoms with Gasteiger partial charge >= 0.3 is 0 Å². The third kappa shape index (κ3) is 3.03. The fourth-order valence-electron chi connectivity index (χ4n) is 1.83. The minimum absolute atomic E-state index is 0.0800. The summed E-state index contributed by atoms with van der Waals surface area (Å²) < 4.78 is 0. The van der Waals surface area contributed by atoms with Gasteiger partial charge in [-0.3, -0.25) is 10.1 Å². The van der Waals surface area contributed by atoms with Crippen LogP contribution < -0.4 is 0 Å². The van der Waals surface area contributed by atoms with Crippen LogP contribution in [-0.4, -0.2) is 15.2 Å². The number of aromatic amines is 1. The third-order valence-corrected chi connectivity index (χ3v) is 3.28. The lowest BCUT2D eigenvalue weighted by Crippen LogP contribution is -2.11. The Morgan fingerprint density at radius 2 is 1.58 bits per heavy atom. The number of nitrogens with zero attached hydrogens (tertiary/aromatic N) is 2. The van der Waals surface area contributed by atoms with E-state index in [1.54, 1.807) is 0 Å². The molecule has 0 amide bonds. The van der Waals surface area contributed by atoms with E-state index in [9.17, 15) is 0 Å². The molecule has 1 N–H and O–H groups in total. The molecule has 2 aromatic heterocycles. The zero-order valence-electron chi connectivity index (χ0n) is 12.7. The van der Waals surface area contributed by atoms with Crippen molar-refractivity contribution in [2.75, 3.05) is 0 Å². The second-order valence-electron chi connectivity index (χ2n) is 7.10. The van der Waals surface area contributed by atoms with E-state index in [1.807, 2.05) is 12.3 Å². The van der Waals surface area contributed by atoms with Gasteiger partial charge in [0.25, 0.3) is 0 Å². The molecular weight excluding hydrogens is 234 g/mol. The number of rotatable bonds is 1. The minimum Gasteiger partial charge on any atom is -0.281 e. The molecule has 2 aromatic rings. The molecule has 19 heavy (non-hydrogen) atoms. The van der Waals surface area contributed by atoms with Crippen LogP contribution in [-0.2, 0) is 10.8 Å². The van der Waals surface area contributed by atoms with E-state index in [4.69, 9.17) is 0 Å². The fraction of sp³-hybridized carbons (Fsp3) is 0.500. The maximum Gasteiger partial charge on any atom is 0.111 e. The topological polar surface area (TPSA) is 41.6 Å². The van der Waals surface area contributed by atoms with Gasteiger partial charge in [0.1, 0.15) is 5.69 Å². The van der Waals surface area contributed by atoms with Gasteiger partial charge in [0.05, 0.1) is 5.69 Å². The lowest BCUT2D eigenvalue weighted by molar-refractivity contribution is 0.567. The molecule has 2 heterocycles. The van der Waals surface area contributed by atoms with E-state index < -0.39 is 0 Å². The van der Waals surface area contributed by atoms with Crippen molar-refractivity contribution in [3.05, 3.63) is 35.7 Å². The predicted molar refractivity (Wildman–Crippen MR) is 79.2 cm³/mol. The van der Waals surface area contributed by atoms with Gasteiger partial charge in [0.15, 0.2) is 0 Å². The van der Waals surface area contributed by atoms with Gasteiger partial charge in [-0.1, -0.05) is 47.6 Å². The van der Waals surface area contributed by atoms with Gasteiger partial charge in [0, 0.05) is 17.3 Å². The molecule has 3 heteroatoms. The van der Waals surface area contributed by atoms with Crippen molar-refractivity contribution >= 4 is 0 Å². The highest BCUT2D eigenvalue weighted by Crippen LogP contribution is 2.26. The van der Waals surface area contributed by atoms with E-state index in [1.165, 1.54) is 5.56 Å². The molecule has 0 atom stereocenters. The lowest BCUT2D eigenvalue weighted by atomic mass is 9.88. The molecule has 0 aliphatic rings. The smallest absolute Gasteiger partial charge is 0.111 e. The average molecular weight is 257 g/mol. The van der Waals surface area contributed by atoms with E-state index in [0.717, 1.165) is 17.1 Å². The first-order valence-electron chi connectivity index (χ1n) is 6.71. The van der Waals surface area contributed by atoms with Crippen molar-refractivity contribution in [3.8, 4) is 11.4 Å². The summed E-state index contributed by atoms with van der Waals surface area (Å²) in [5, 5.41) is 7.46. The van der Waals surface area contributed by atoms with Gasteiger partial charge in [-0.15, -0.1) is 0 Å². The first-order valence-corrected chi connectivity index (χ1v) is 6.71. The molecule has 3 nitrogen and oxygen atoms in total. The van der Waals surface area contributed by atoms with E-state index in [2.05, 4.69) is 68.9 Å². The van der Waals surface area contributed by atoms with Crippen LogP contribution in [0, 0.1) is 0 Å². The first kappa shape index (κ1) is 13.8. The molecule has 0 bridgehead atoms. The normalized spacial score (nSPS) is 12.7. The largest absolute Gasteiger partial charge is 0.281 e. The van der Waals surface area contributed by atoms with Crippen LogP contribution in [0.3, 0.4) is 0 Å². The van der Waals surface area contributed by atoms with Crippen molar-refractivity contribution < 1.29 is 0 Å². The quantitative estimate of drug-likeness (QED) is 0.836. The van der Waals surface area contributed by atoms with Crippen molar-refractivity contribution in [2.45, 2.75) is 52.4 Å². The van der Waals surface area contributed by atoms with Gasteiger partial charge in [0.2, 0.25) is 0 Å². The summed E-state index contributed by atoms with van der Waals surface area (Å²) in [4.78, 5) is 4.53. The zero-order chi connectivity index (χ0) is 14.3. The van der Waals surface area contributed by atoms with Gasteiger partial charge < -0.3 is 0 Å². The molecular formula is C16H23N3. The molecule has 0 unspecified atom stereocenters. The molecule has 0 fully saturated rings. The van der Waals surface area contributed by atoms with Crippen LogP contribution in [0.5, 0.6) is 0 Å². The summed E-state index contributed by atoms with van der Waals surface area (Å²) in [5.74, 6) is 0. The summed E-state index contributed by atoms with van der Waals surface area (Å²) in [6, 6.07) is 6.26. The van der Waals surface area contributed by atoms with Crippen molar-refractivity contribution in [1.82, 2.24) is 15.2 Å². The van der Waals surface area contributed by atoms with Gasteiger partial charge in [-0.25, -0.2) is 0 Å². The van der Waals surface area contributed by atoms with Crippen molar-refractivity contribution in [3.63, 3.8) is 0 Å². The summed E-state index contributed by atoms with van der Waals surface area (Å²) >= 11 is 0. The second-order valence-corrected chi connectivity index (χ2v) is 7.10. The number of hydrogen-bond acceptors (Lipinski definition) is 2. The zero-order valence-corrected chi connectivity index (χ0v) is 12.7. The van der Waals surface area contributed by atoms with E-state index >= 15 is 0 Å². The molecule has 102 valence electrons. The Morgan fingerprint density at radius 1 is 0.895 bits per heavy atom. The Labute approximate surface area is 115 Å². The SMILES string of the molecule is CC(C)(C)c1ccc(-c2cc(C(C)(C)C)[nH]n2)nc1. The van der Waals surface area contributed by atoms with Gasteiger partial charge in [-0.2, -0.15) is 5.10 Å². The number of aromatic nitrogens is 3. The highest BCUT2D eigenvalue weighted by atomic mass is 15.1. The van der Waals surface area contributed by atoms with E-state index in [0.29, 0.717) is 0 Å². The van der Waals surface area contributed by atoms with Crippen LogP contribution in [0.25, 0.3) is 11.4 Å². The molecule has 0 aliphatic carbocycles. The molecule has 0 spiro atoms. The molecule has 2 rings (SSSR count). The second kappa shape index (κ2) is 4.48. The summed E-state index contributed by atoms with van der Waals surface area (Å²) in [5.41, 5.74) is 4.40. The maximum absolute atomic E-state index is 4.53. The molecule has 0 aliphatic heterocycles. The molecule has 0 saturated heterocycles. The number of H-pyrrole nitrogens is 1. The van der Waals surface area contributed by atoms with Crippen molar-refractivity contribution in [2.24, 2.45) is 0 Å².